The van der Waals surface area contributed by atoms with Gasteiger partial charge < -0.3 is 5.21 Å². The quantitative estimate of drug-likeness (QED) is 0.290. The van der Waals surface area contributed by atoms with Gasteiger partial charge in [-0.2, -0.15) is 18.2 Å². The van der Waals surface area contributed by atoms with Crippen LogP contribution < -0.4 is 0 Å². The predicted molar refractivity (Wildman–Crippen MR) is 66.0 cm³/mol. The Balaban J connectivity index is -0.0000000847. The molecule has 0 unspecified atom stereocenters. The van der Waals surface area contributed by atoms with Crippen molar-refractivity contribution >= 4 is 5.71 Å². The molecule has 0 fully saturated rings. The summed E-state index contributed by atoms with van der Waals surface area (Å²) >= 11 is 0. The van der Waals surface area contributed by atoms with Crippen LogP contribution in [-0.2, 0) is 30.4 Å². The van der Waals surface area contributed by atoms with Gasteiger partial charge in [0.1, 0.15) is 5.71 Å². The van der Waals surface area contributed by atoms with E-state index in [1.54, 1.807) is 6.92 Å². The molecule has 1 aromatic rings. The number of hydrogen-bond acceptors (Lipinski definition) is 1. The Morgan fingerprint density at radius 1 is 1.11 bits per heavy atom. The molecule has 2 N–H and O–H groups in total. The number of rotatable bonds is 1. The molecule has 1 aromatic carbocycles. The van der Waals surface area contributed by atoms with Crippen LogP contribution in [0.4, 0.5) is 0 Å². The summed E-state index contributed by atoms with van der Waals surface area (Å²) in [6.07, 6.45) is 1.87. The zero-order chi connectivity index (χ0) is 14.1. The van der Waals surface area contributed by atoms with Crippen molar-refractivity contribution in [3.63, 3.8) is 0 Å². The first-order chi connectivity index (χ1) is 8.16. The fourth-order valence-electron chi connectivity index (χ4n) is 0.771. The second-order valence-electron chi connectivity index (χ2n) is 2.94. The third kappa shape index (κ3) is 29.3. The van der Waals surface area contributed by atoms with Crippen LogP contribution in [0.1, 0.15) is 20.8 Å². The molecule has 0 radical (unpaired) electrons. The van der Waals surface area contributed by atoms with Crippen LogP contribution in [0.15, 0.2) is 47.1 Å². The van der Waals surface area contributed by atoms with Gasteiger partial charge >= 0.3 is 43.7 Å². The Morgan fingerprint density at radius 2 is 1.50 bits per heavy atom. The van der Waals surface area contributed by atoms with Gasteiger partial charge in [0.15, 0.2) is 0 Å². The topological polar surface area (TPSA) is 75.1 Å². The van der Waals surface area contributed by atoms with Crippen LogP contribution >= 0.6 is 0 Å². The molecule has 0 bridgehead atoms. The van der Waals surface area contributed by atoms with Gasteiger partial charge in [-0.15, -0.1) is 0 Å². The minimum absolute atomic E-state index is 0. The summed E-state index contributed by atoms with van der Waals surface area (Å²) in [6, 6.07) is 10.0. The second-order valence-corrected chi connectivity index (χ2v) is 2.94. The minimum Gasteiger partial charge on any atom is -0.214 e. The van der Waals surface area contributed by atoms with E-state index in [9.17, 15) is 0 Å². The van der Waals surface area contributed by atoms with Crippen molar-refractivity contribution in [2.75, 3.05) is 0 Å². The van der Waals surface area contributed by atoms with Crippen LogP contribution in [0.25, 0.3) is 0 Å². The third-order valence-electron chi connectivity index (χ3n) is 1.23. The van der Waals surface area contributed by atoms with Crippen LogP contribution in [0.5, 0.6) is 0 Å². The van der Waals surface area contributed by atoms with Crippen molar-refractivity contribution in [3.8, 4) is 0 Å². The molecule has 0 saturated heterocycles. The Bertz CT molecular complexity index is 310. The fraction of sp³-hybridized carbons (Fsp3) is 0.231. The first-order valence-corrected chi connectivity index (χ1v) is 4.60. The van der Waals surface area contributed by atoms with E-state index in [2.05, 4.69) is 18.5 Å². The van der Waals surface area contributed by atoms with E-state index in [0.717, 1.165) is 5.71 Å². The molecule has 96 valence electrons. The summed E-state index contributed by atoms with van der Waals surface area (Å²) in [7, 11) is 0. The Hall–Kier alpha value is -1.27. The van der Waals surface area contributed by atoms with E-state index in [-0.39, 0.29) is 21.1 Å². The van der Waals surface area contributed by atoms with Crippen molar-refractivity contribution in [2.45, 2.75) is 20.8 Å². The van der Waals surface area contributed by atoms with Crippen molar-refractivity contribution in [3.05, 3.63) is 55.3 Å². The molecule has 0 aliphatic heterocycles. The Kier molecular flexibility index (Phi) is 35.2. The Morgan fingerprint density at radius 3 is 1.61 bits per heavy atom. The number of nitrogens with zero attached hydrogens (tertiary/aromatic N) is 1. The monoisotopic (exact) mass is 419 g/mol. The zero-order valence-corrected chi connectivity index (χ0v) is 13.6. The maximum Gasteiger partial charge on any atom is 2.00 e. The maximum atomic E-state index is 7.50. The van der Waals surface area contributed by atoms with Crippen LogP contribution in [-0.4, -0.2) is 10.9 Å². The van der Waals surface area contributed by atoms with Crippen LogP contribution in [0.2, 0.25) is 0 Å². The molecule has 0 aromatic heterocycles. The van der Waals surface area contributed by atoms with Crippen molar-refractivity contribution in [2.24, 2.45) is 5.16 Å². The molecule has 0 spiro atoms. The number of allylic oxidation sites excluding steroid dienone is 2. The molecule has 0 amide bonds. The predicted octanol–water partition coefficient (Wildman–Crippen LogP) is 2.38. The SMILES string of the molecule is CC(C)=CC(C)=N[OH2+].[C-]#[O+].[C-]#[O+].[W+2].c1cc[cH-]c1. The first-order valence-electron chi connectivity index (χ1n) is 4.60. The zero-order valence-electron chi connectivity index (χ0n) is 10.6. The molecular formula is C13H17NO3W+2. The molecule has 18 heavy (non-hydrogen) atoms. The third-order valence-corrected chi connectivity index (χ3v) is 1.23. The van der Waals surface area contributed by atoms with E-state index in [0.29, 0.717) is 0 Å². The molecule has 1 rings (SSSR count). The average molecular weight is 419 g/mol. The van der Waals surface area contributed by atoms with Gasteiger partial charge in [0.05, 0.1) is 5.16 Å². The molecule has 0 saturated carbocycles. The largest absolute Gasteiger partial charge is 2.00 e. The fourth-order valence-corrected chi connectivity index (χ4v) is 0.771. The molecule has 0 atom stereocenters. The van der Waals surface area contributed by atoms with E-state index < -0.39 is 0 Å². The smallest absolute Gasteiger partial charge is 0.214 e. The molecule has 4 nitrogen and oxygen atoms in total. The Labute approximate surface area is 122 Å². The standard InChI is InChI=1S/C6H11NO.C5H5.2CO.W/c1-5(2)4-6(3)7-8;1-2-4-5-3-1;2*1-2;/h4,8H,1-3H3;1-5H;;;/q;-1;;;+2/p+1. The molecule has 0 aliphatic rings. The average Bonchev–Trinajstić information content (AvgIpc) is 2.92. The summed E-state index contributed by atoms with van der Waals surface area (Å²) in [5.41, 5.74) is 1.93. The van der Waals surface area contributed by atoms with Crippen molar-refractivity contribution < 1.29 is 35.6 Å². The summed E-state index contributed by atoms with van der Waals surface area (Å²) < 4.78 is 15.0. The second kappa shape index (κ2) is 24.8. The summed E-state index contributed by atoms with van der Waals surface area (Å²) in [5.74, 6) is 0. The van der Waals surface area contributed by atoms with E-state index >= 15 is 0 Å². The van der Waals surface area contributed by atoms with Crippen molar-refractivity contribution in [1.82, 2.24) is 0 Å². The summed E-state index contributed by atoms with van der Waals surface area (Å²) in [5, 5.41) is 9.76. The number of hydrogen-bond donors (Lipinski definition) is 0. The normalized spacial score (nSPS) is 7.39. The van der Waals surface area contributed by atoms with Crippen LogP contribution in [0, 0.1) is 13.3 Å². The summed E-state index contributed by atoms with van der Waals surface area (Å²) in [6.45, 7) is 14.8. The first kappa shape index (κ1) is 25.5. The van der Waals surface area contributed by atoms with Gasteiger partial charge in [0.25, 0.3) is 0 Å². The maximum absolute atomic E-state index is 7.50. The van der Waals surface area contributed by atoms with Crippen molar-refractivity contribution in [1.29, 1.82) is 0 Å². The molecule has 0 aliphatic carbocycles. The molecular weight excluding hydrogens is 402 g/mol. The van der Waals surface area contributed by atoms with Gasteiger partial charge in [0, 0.05) is 0 Å². The minimum atomic E-state index is 0. The van der Waals surface area contributed by atoms with E-state index in [4.69, 9.17) is 14.5 Å². The van der Waals surface area contributed by atoms with Gasteiger partial charge in [-0.1, -0.05) is 5.57 Å². The van der Waals surface area contributed by atoms with Gasteiger partial charge in [-0.25, -0.2) is 12.1 Å². The summed E-state index contributed by atoms with van der Waals surface area (Å²) in [4.78, 5) is 0. The van der Waals surface area contributed by atoms with E-state index in [1.807, 2.05) is 50.3 Å². The van der Waals surface area contributed by atoms with E-state index in [1.165, 1.54) is 5.57 Å². The molecule has 0 heterocycles. The van der Waals surface area contributed by atoms with Crippen LogP contribution in [0.3, 0.4) is 0 Å². The van der Waals surface area contributed by atoms with Gasteiger partial charge in [-0.05, 0) is 26.8 Å². The molecule has 5 heteroatoms. The van der Waals surface area contributed by atoms with Gasteiger partial charge in [-0.3, -0.25) is 0 Å². The van der Waals surface area contributed by atoms with Gasteiger partial charge in [0.2, 0.25) is 0 Å².